The van der Waals surface area contributed by atoms with E-state index in [-0.39, 0.29) is 11.8 Å². The van der Waals surface area contributed by atoms with Crippen molar-refractivity contribution in [2.24, 2.45) is 5.92 Å². The highest BCUT2D eigenvalue weighted by Gasteiger charge is 2.28. The Morgan fingerprint density at radius 3 is 2.48 bits per heavy atom. The van der Waals surface area contributed by atoms with Gasteiger partial charge in [-0.25, -0.2) is 12.7 Å². The number of aryl methyl sites for hydroxylation is 2. The summed E-state index contributed by atoms with van der Waals surface area (Å²) in [6.07, 6.45) is 2.31. The van der Waals surface area contributed by atoms with Crippen LogP contribution in [0.25, 0.3) is 0 Å². The highest BCUT2D eigenvalue weighted by Crippen LogP contribution is 2.20. The molecule has 1 aromatic rings. The van der Waals surface area contributed by atoms with E-state index >= 15 is 0 Å². The van der Waals surface area contributed by atoms with Gasteiger partial charge < -0.3 is 9.84 Å². The van der Waals surface area contributed by atoms with Crippen molar-refractivity contribution in [2.45, 2.75) is 33.2 Å². The maximum atomic E-state index is 12.1. The molecule has 0 atom stereocenters. The first-order valence-corrected chi connectivity index (χ1v) is 8.78. The van der Waals surface area contributed by atoms with Crippen molar-refractivity contribution in [3.8, 4) is 0 Å². The van der Waals surface area contributed by atoms with E-state index in [4.69, 9.17) is 4.52 Å². The van der Waals surface area contributed by atoms with Crippen LogP contribution in [0.1, 0.15) is 29.9 Å². The van der Waals surface area contributed by atoms with Crippen LogP contribution >= 0.6 is 0 Å². The molecule has 1 aliphatic heterocycles. The highest BCUT2D eigenvalue weighted by atomic mass is 32.2. The Hall–Kier alpha value is -1.41. The first kappa shape index (κ1) is 16.0. The van der Waals surface area contributed by atoms with Crippen molar-refractivity contribution in [2.75, 3.05) is 19.3 Å². The lowest BCUT2D eigenvalue weighted by atomic mass is 9.97. The van der Waals surface area contributed by atoms with Crippen molar-refractivity contribution in [1.29, 1.82) is 0 Å². The summed E-state index contributed by atoms with van der Waals surface area (Å²) in [5.74, 6) is 0.534. The molecule has 2 rings (SSSR count). The highest BCUT2D eigenvalue weighted by molar-refractivity contribution is 7.88. The molecular formula is C13H21N3O4S. The number of nitrogens with one attached hydrogen (secondary N) is 1. The third kappa shape index (κ3) is 3.82. The molecule has 1 fully saturated rings. The minimum Gasteiger partial charge on any atom is -0.361 e. The largest absolute Gasteiger partial charge is 0.361 e. The molecule has 1 saturated heterocycles. The zero-order valence-electron chi connectivity index (χ0n) is 12.5. The van der Waals surface area contributed by atoms with Gasteiger partial charge in [-0.05, 0) is 26.7 Å². The Kier molecular flexibility index (Phi) is 4.67. The van der Waals surface area contributed by atoms with E-state index in [1.54, 1.807) is 0 Å². The van der Waals surface area contributed by atoms with E-state index in [0.717, 1.165) is 11.3 Å². The second kappa shape index (κ2) is 6.15. The molecule has 1 aliphatic rings. The number of nitrogens with zero attached hydrogens (tertiary/aromatic N) is 2. The summed E-state index contributed by atoms with van der Waals surface area (Å²) >= 11 is 0. The Labute approximate surface area is 124 Å². The fourth-order valence-electron chi connectivity index (χ4n) is 2.52. The van der Waals surface area contributed by atoms with Gasteiger partial charge in [0.15, 0.2) is 0 Å². The van der Waals surface area contributed by atoms with Gasteiger partial charge in [-0.1, -0.05) is 5.16 Å². The van der Waals surface area contributed by atoms with Crippen molar-refractivity contribution in [3.63, 3.8) is 0 Å². The fourth-order valence-corrected chi connectivity index (χ4v) is 3.40. The molecule has 2 heterocycles. The average molecular weight is 315 g/mol. The van der Waals surface area contributed by atoms with Gasteiger partial charge in [0.2, 0.25) is 15.9 Å². The van der Waals surface area contributed by atoms with Gasteiger partial charge in [-0.2, -0.15) is 0 Å². The maximum Gasteiger partial charge on any atom is 0.223 e. The van der Waals surface area contributed by atoms with Gasteiger partial charge in [0.05, 0.1) is 11.9 Å². The molecule has 118 valence electrons. The van der Waals surface area contributed by atoms with Crippen molar-refractivity contribution >= 4 is 15.9 Å². The summed E-state index contributed by atoms with van der Waals surface area (Å²) < 4.78 is 29.3. The van der Waals surface area contributed by atoms with E-state index in [0.29, 0.717) is 38.2 Å². The lowest BCUT2D eigenvalue weighted by molar-refractivity contribution is -0.126. The first-order valence-electron chi connectivity index (χ1n) is 6.93. The second-order valence-electron chi connectivity index (χ2n) is 5.46. The lowest BCUT2D eigenvalue weighted by Crippen LogP contribution is -2.42. The van der Waals surface area contributed by atoms with Gasteiger partial charge in [-0.3, -0.25) is 4.79 Å². The number of amides is 1. The Bertz CT molecular complexity index is 596. The van der Waals surface area contributed by atoms with Gasteiger partial charge >= 0.3 is 0 Å². The second-order valence-corrected chi connectivity index (χ2v) is 7.44. The van der Waals surface area contributed by atoms with Gasteiger partial charge in [0.25, 0.3) is 0 Å². The fraction of sp³-hybridized carbons (Fsp3) is 0.692. The number of carbonyl (C=O) groups excluding carboxylic acids is 1. The molecule has 0 aliphatic carbocycles. The van der Waals surface area contributed by atoms with Crippen LogP contribution in [0.3, 0.4) is 0 Å². The molecule has 0 bridgehead atoms. The maximum absolute atomic E-state index is 12.1. The van der Waals surface area contributed by atoms with E-state index in [9.17, 15) is 13.2 Å². The molecule has 21 heavy (non-hydrogen) atoms. The van der Waals surface area contributed by atoms with E-state index in [1.165, 1.54) is 10.6 Å². The number of piperidine rings is 1. The third-order valence-electron chi connectivity index (χ3n) is 3.91. The normalized spacial score (nSPS) is 17.9. The van der Waals surface area contributed by atoms with Crippen LogP contribution in [0.2, 0.25) is 0 Å². The Balaban J connectivity index is 1.86. The van der Waals surface area contributed by atoms with Gasteiger partial charge in [0, 0.05) is 31.1 Å². The van der Waals surface area contributed by atoms with E-state index < -0.39 is 10.0 Å². The number of sulfonamides is 1. The van der Waals surface area contributed by atoms with Crippen LogP contribution in [-0.2, 0) is 21.4 Å². The van der Waals surface area contributed by atoms with Crippen LogP contribution in [0.5, 0.6) is 0 Å². The number of rotatable bonds is 4. The summed E-state index contributed by atoms with van der Waals surface area (Å²) in [6, 6.07) is 0. The number of hydrogen-bond acceptors (Lipinski definition) is 5. The summed E-state index contributed by atoms with van der Waals surface area (Å²) in [4.78, 5) is 12.1. The minimum atomic E-state index is -3.15. The molecule has 0 spiro atoms. The SMILES string of the molecule is Cc1noc(C)c1CNC(=O)C1CCN(S(C)(=O)=O)CC1. The van der Waals surface area contributed by atoms with Gasteiger partial charge in [-0.15, -0.1) is 0 Å². The summed E-state index contributed by atoms with van der Waals surface area (Å²) in [7, 11) is -3.15. The molecule has 1 N–H and O–H groups in total. The first-order chi connectivity index (χ1) is 9.79. The molecule has 7 nitrogen and oxygen atoms in total. The van der Waals surface area contributed by atoms with E-state index in [2.05, 4.69) is 10.5 Å². The summed E-state index contributed by atoms with van der Waals surface area (Å²) in [6.45, 7) is 4.85. The predicted octanol–water partition coefficient (Wildman–Crippen LogP) is 0.579. The Morgan fingerprint density at radius 2 is 2.00 bits per heavy atom. The minimum absolute atomic E-state index is 0.0387. The standard InChI is InChI=1S/C13H21N3O4S/c1-9-12(10(2)20-15-9)8-14-13(17)11-4-6-16(7-5-11)21(3,18)19/h11H,4-8H2,1-3H3,(H,14,17). The zero-order chi connectivity index (χ0) is 15.6. The van der Waals surface area contributed by atoms with Crippen molar-refractivity contribution in [3.05, 3.63) is 17.0 Å². The molecular weight excluding hydrogens is 294 g/mol. The molecule has 0 radical (unpaired) electrons. The summed E-state index contributed by atoms with van der Waals surface area (Å²) in [5, 5.41) is 6.73. The molecule has 1 amide bonds. The zero-order valence-corrected chi connectivity index (χ0v) is 13.4. The van der Waals surface area contributed by atoms with Crippen LogP contribution in [-0.4, -0.2) is 43.1 Å². The third-order valence-corrected chi connectivity index (χ3v) is 5.22. The quantitative estimate of drug-likeness (QED) is 0.877. The Morgan fingerprint density at radius 1 is 1.38 bits per heavy atom. The number of hydrogen-bond donors (Lipinski definition) is 1. The van der Waals surface area contributed by atoms with E-state index in [1.807, 2.05) is 13.8 Å². The van der Waals surface area contributed by atoms with Crippen molar-refractivity contribution < 1.29 is 17.7 Å². The average Bonchev–Trinajstić information content (AvgIpc) is 2.75. The monoisotopic (exact) mass is 315 g/mol. The predicted molar refractivity (Wildman–Crippen MR) is 77.0 cm³/mol. The molecule has 0 unspecified atom stereocenters. The smallest absolute Gasteiger partial charge is 0.223 e. The van der Waals surface area contributed by atoms with Crippen LogP contribution in [0, 0.1) is 19.8 Å². The van der Waals surface area contributed by atoms with Crippen LogP contribution in [0.4, 0.5) is 0 Å². The topological polar surface area (TPSA) is 92.5 Å². The van der Waals surface area contributed by atoms with Crippen LogP contribution in [0.15, 0.2) is 4.52 Å². The van der Waals surface area contributed by atoms with Crippen molar-refractivity contribution in [1.82, 2.24) is 14.8 Å². The van der Waals surface area contributed by atoms with Crippen LogP contribution < -0.4 is 5.32 Å². The summed E-state index contributed by atoms with van der Waals surface area (Å²) in [5.41, 5.74) is 1.68. The number of carbonyl (C=O) groups is 1. The molecule has 0 saturated carbocycles. The molecule has 1 aromatic heterocycles. The van der Waals surface area contributed by atoms with Gasteiger partial charge in [0.1, 0.15) is 5.76 Å². The lowest BCUT2D eigenvalue weighted by Gasteiger charge is -2.29. The molecule has 0 aromatic carbocycles. The number of aromatic nitrogens is 1. The molecule has 8 heteroatoms.